The highest BCUT2D eigenvalue weighted by molar-refractivity contribution is 7.47. The summed E-state index contributed by atoms with van der Waals surface area (Å²) in [7, 11) is -4.72. The van der Waals surface area contributed by atoms with Gasteiger partial charge in [-0.1, -0.05) is 147 Å². The van der Waals surface area contributed by atoms with Crippen molar-refractivity contribution in [3.8, 4) is 0 Å². The fourth-order valence-electron chi connectivity index (χ4n) is 5.85. The van der Waals surface area contributed by atoms with Crippen LogP contribution in [0.5, 0.6) is 0 Å². The number of rotatable bonds is 41. The molecular weight excluding hydrogens is 733 g/mol. The maximum Gasteiger partial charge on any atom is 0.472 e. The molecule has 0 fully saturated rings. The zero-order valence-corrected chi connectivity index (χ0v) is 36.1. The molecule has 0 aliphatic carbocycles. The molecule has 0 aromatic carbocycles. The van der Waals surface area contributed by atoms with Crippen LogP contribution < -0.4 is 5.73 Å². The fourth-order valence-corrected chi connectivity index (χ4v) is 6.63. The Bertz CT molecular complexity index is 1100. The molecule has 0 bridgehead atoms. The van der Waals surface area contributed by atoms with Gasteiger partial charge in [0.1, 0.15) is 12.6 Å². The van der Waals surface area contributed by atoms with Crippen molar-refractivity contribution in [2.45, 2.75) is 206 Å². The molecule has 0 spiro atoms. The molecule has 0 aliphatic rings. The Labute approximate surface area is 340 Å². The van der Waals surface area contributed by atoms with Gasteiger partial charge in [0.25, 0.3) is 0 Å². The maximum atomic E-state index is 12.6. The minimum absolute atomic E-state index is 0.130. The van der Waals surface area contributed by atoms with E-state index in [2.05, 4.69) is 54.8 Å². The lowest BCUT2D eigenvalue weighted by molar-refractivity contribution is -0.161. The maximum absolute atomic E-state index is 12.6. The molecular formula is C44H80NO10P. The second kappa shape index (κ2) is 39.5. The molecule has 0 radical (unpaired) electrons. The van der Waals surface area contributed by atoms with Gasteiger partial charge >= 0.3 is 25.7 Å². The zero-order valence-electron chi connectivity index (χ0n) is 35.2. The first-order valence-electron chi connectivity index (χ1n) is 22.0. The second-order valence-electron chi connectivity index (χ2n) is 14.8. The molecule has 0 saturated carbocycles. The number of ether oxygens (including phenoxy) is 2. The third kappa shape index (κ3) is 38.6. The summed E-state index contributed by atoms with van der Waals surface area (Å²) in [4.78, 5) is 45.9. The predicted molar refractivity (Wildman–Crippen MR) is 226 cm³/mol. The molecule has 0 heterocycles. The van der Waals surface area contributed by atoms with Gasteiger partial charge in [0.15, 0.2) is 6.10 Å². The van der Waals surface area contributed by atoms with Crippen molar-refractivity contribution < 1.29 is 47.5 Å². The summed E-state index contributed by atoms with van der Waals surface area (Å²) in [6.45, 7) is 2.75. The van der Waals surface area contributed by atoms with E-state index in [1.807, 2.05) is 0 Å². The standard InChI is InChI=1S/C44H80NO10P/c1-3-5-7-9-11-13-15-17-19-20-22-23-25-27-29-31-33-35-42(46)52-37-40(38-53-56(50,51)54-39-41(45)44(48)49)55-43(47)36-34-32-30-28-26-24-21-18-16-14-12-10-8-6-4-2/h11,13,17,19,26,28,40-41H,3-10,12,14-16,18,20-25,27,29-39,45H2,1-2H3,(H,48,49)(H,50,51)/b13-11+,19-17+,28-26+/t40-,41+/m1/s1. The average molecular weight is 814 g/mol. The van der Waals surface area contributed by atoms with E-state index in [9.17, 15) is 23.8 Å². The highest BCUT2D eigenvalue weighted by atomic mass is 31.2. The number of aliphatic carboxylic acids is 1. The molecule has 326 valence electrons. The van der Waals surface area contributed by atoms with Crippen molar-refractivity contribution in [3.05, 3.63) is 36.5 Å². The van der Waals surface area contributed by atoms with E-state index in [4.69, 9.17) is 24.8 Å². The summed E-state index contributed by atoms with van der Waals surface area (Å²) in [5.74, 6) is -2.41. The van der Waals surface area contributed by atoms with E-state index < -0.39 is 51.1 Å². The van der Waals surface area contributed by atoms with Crippen LogP contribution in [0.2, 0.25) is 0 Å². The quantitative estimate of drug-likeness (QED) is 0.0232. The van der Waals surface area contributed by atoms with Crippen LogP contribution in [-0.4, -0.2) is 59.9 Å². The molecule has 4 N–H and O–H groups in total. The Kier molecular flexibility index (Phi) is 37.9. The summed E-state index contributed by atoms with van der Waals surface area (Å²) in [6.07, 6.45) is 42.1. The molecule has 0 saturated heterocycles. The van der Waals surface area contributed by atoms with Crippen LogP contribution in [0.15, 0.2) is 36.5 Å². The molecule has 0 aromatic heterocycles. The first-order valence-corrected chi connectivity index (χ1v) is 23.5. The van der Waals surface area contributed by atoms with Gasteiger partial charge in [-0.05, 0) is 70.6 Å². The average Bonchev–Trinajstić information content (AvgIpc) is 3.17. The number of hydrogen-bond donors (Lipinski definition) is 3. The van der Waals surface area contributed by atoms with E-state index in [-0.39, 0.29) is 19.4 Å². The Morgan fingerprint density at radius 3 is 1.48 bits per heavy atom. The molecule has 1 unspecified atom stereocenters. The Balaban J connectivity index is 4.39. The number of phosphoric ester groups is 1. The number of allylic oxidation sites excluding steroid dienone is 6. The molecule has 11 nitrogen and oxygen atoms in total. The van der Waals surface area contributed by atoms with Crippen molar-refractivity contribution in [2.24, 2.45) is 5.73 Å². The van der Waals surface area contributed by atoms with Crippen LogP contribution in [0.1, 0.15) is 194 Å². The van der Waals surface area contributed by atoms with Crippen molar-refractivity contribution in [1.29, 1.82) is 0 Å². The third-order valence-electron chi connectivity index (χ3n) is 9.36. The van der Waals surface area contributed by atoms with E-state index in [0.717, 1.165) is 51.4 Å². The number of carbonyl (C=O) groups excluding carboxylic acids is 2. The van der Waals surface area contributed by atoms with Crippen molar-refractivity contribution in [2.75, 3.05) is 19.8 Å². The van der Waals surface area contributed by atoms with Gasteiger partial charge in [0, 0.05) is 12.8 Å². The molecule has 56 heavy (non-hydrogen) atoms. The van der Waals surface area contributed by atoms with Crippen LogP contribution in [0.3, 0.4) is 0 Å². The van der Waals surface area contributed by atoms with Crippen LogP contribution in [0.4, 0.5) is 0 Å². The van der Waals surface area contributed by atoms with Crippen LogP contribution >= 0.6 is 7.82 Å². The molecule has 0 amide bonds. The molecule has 12 heteroatoms. The van der Waals surface area contributed by atoms with E-state index in [1.165, 1.54) is 103 Å². The van der Waals surface area contributed by atoms with Gasteiger partial charge in [-0.2, -0.15) is 0 Å². The Morgan fingerprint density at radius 2 is 0.946 bits per heavy atom. The smallest absolute Gasteiger partial charge is 0.472 e. The lowest BCUT2D eigenvalue weighted by Crippen LogP contribution is -2.34. The zero-order chi connectivity index (χ0) is 41.4. The number of phosphoric acid groups is 1. The van der Waals surface area contributed by atoms with Crippen LogP contribution in [0.25, 0.3) is 0 Å². The Morgan fingerprint density at radius 1 is 0.554 bits per heavy atom. The van der Waals surface area contributed by atoms with Crippen molar-refractivity contribution in [3.63, 3.8) is 0 Å². The third-order valence-corrected chi connectivity index (χ3v) is 10.3. The number of carbonyl (C=O) groups is 3. The summed E-state index contributed by atoms with van der Waals surface area (Å²) in [5.41, 5.74) is 5.33. The molecule has 3 atom stereocenters. The minimum atomic E-state index is -4.72. The first kappa shape index (κ1) is 53.7. The van der Waals surface area contributed by atoms with Gasteiger partial charge in [-0.3, -0.25) is 23.4 Å². The summed E-state index contributed by atoms with van der Waals surface area (Å²) < 4.78 is 32.7. The van der Waals surface area contributed by atoms with Crippen LogP contribution in [0, 0.1) is 0 Å². The lowest BCUT2D eigenvalue weighted by Gasteiger charge is -2.20. The fraction of sp³-hybridized carbons (Fsp3) is 0.795. The Hall–Kier alpha value is -2.30. The van der Waals surface area contributed by atoms with E-state index in [1.54, 1.807) is 0 Å². The van der Waals surface area contributed by atoms with Gasteiger partial charge in [-0.15, -0.1) is 0 Å². The number of carboxylic acid groups (broad SMARTS) is 1. The minimum Gasteiger partial charge on any atom is -0.480 e. The first-order chi connectivity index (χ1) is 27.1. The summed E-state index contributed by atoms with van der Waals surface area (Å²) >= 11 is 0. The topological polar surface area (TPSA) is 172 Å². The summed E-state index contributed by atoms with van der Waals surface area (Å²) in [5, 5.41) is 8.89. The monoisotopic (exact) mass is 814 g/mol. The molecule has 0 aliphatic heterocycles. The van der Waals surface area contributed by atoms with Crippen molar-refractivity contribution >= 4 is 25.7 Å². The highest BCUT2D eigenvalue weighted by Crippen LogP contribution is 2.43. The molecule has 0 aromatic rings. The predicted octanol–water partition coefficient (Wildman–Crippen LogP) is 11.6. The number of hydrogen-bond acceptors (Lipinski definition) is 9. The van der Waals surface area contributed by atoms with Crippen LogP contribution in [-0.2, 0) is 37.5 Å². The molecule has 0 rings (SSSR count). The van der Waals surface area contributed by atoms with E-state index >= 15 is 0 Å². The highest BCUT2D eigenvalue weighted by Gasteiger charge is 2.28. The number of esters is 2. The second-order valence-corrected chi connectivity index (χ2v) is 16.3. The summed E-state index contributed by atoms with van der Waals surface area (Å²) in [6, 6.07) is -1.52. The number of carboxylic acids is 1. The van der Waals surface area contributed by atoms with Gasteiger partial charge < -0.3 is 25.2 Å². The van der Waals surface area contributed by atoms with Crippen molar-refractivity contribution in [1.82, 2.24) is 0 Å². The van der Waals surface area contributed by atoms with E-state index in [0.29, 0.717) is 12.8 Å². The largest absolute Gasteiger partial charge is 0.480 e. The van der Waals surface area contributed by atoms with Gasteiger partial charge in [-0.25, -0.2) is 4.57 Å². The SMILES string of the molecule is CCCCC/C=C/C/C=C/CCCCCCCCCC(=O)OC[C@H](COP(=O)(O)OC[C@H](N)C(=O)O)OC(=O)CCCC/C=C/CCCCCCCCCCC. The normalized spacial score (nSPS) is 14.1. The van der Waals surface area contributed by atoms with Gasteiger partial charge in [0.2, 0.25) is 0 Å². The lowest BCUT2D eigenvalue weighted by atomic mass is 10.1. The number of nitrogens with two attached hydrogens (primary N) is 1. The number of unbranched alkanes of at least 4 members (excludes halogenated alkanes) is 21. The van der Waals surface area contributed by atoms with Gasteiger partial charge in [0.05, 0.1) is 13.2 Å².